The Morgan fingerprint density at radius 3 is 2.03 bits per heavy atom. The molecule has 9 atom stereocenters. The second kappa shape index (κ2) is 10.4. The molecule has 2 unspecified atom stereocenters. The third kappa shape index (κ3) is 4.50. The quantitative estimate of drug-likeness (QED) is 0.312. The second-order valence-corrected chi connectivity index (χ2v) is 19.5. The van der Waals surface area contributed by atoms with Gasteiger partial charge >= 0.3 is 0 Å². The van der Waals surface area contributed by atoms with Crippen LogP contribution in [-0.2, 0) is 9.16 Å². The van der Waals surface area contributed by atoms with Crippen molar-refractivity contribution in [2.75, 3.05) is 6.61 Å². The van der Waals surface area contributed by atoms with Crippen LogP contribution in [0.5, 0.6) is 0 Å². The minimum Gasteiger partial charge on any atom is -0.407 e. The van der Waals surface area contributed by atoms with Crippen LogP contribution in [0.4, 0.5) is 0 Å². The van der Waals surface area contributed by atoms with Crippen molar-refractivity contribution in [3.8, 4) is 0 Å². The van der Waals surface area contributed by atoms with Gasteiger partial charge in [0.05, 0.1) is 12.2 Å². The summed E-state index contributed by atoms with van der Waals surface area (Å²) in [6, 6.07) is 22.1. The van der Waals surface area contributed by atoms with Crippen molar-refractivity contribution in [2.24, 2.45) is 40.4 Å². The van der Waals surface area contributed by atoms with Gasteiger partial charge in [0.2, 0.25) is 0 Å². The third-order valence-electron chi connectivity index (χ3n) is 12.2. The van der Waals surface area contributed by atoms with Crippen molar-refractivity contribution in [1.82, 2.24) is 0 Å². The average Bonchev–Trinajstić information content (AvgIpc) is 3.39. The third-order valence-corrected chi connectivity index (χ3v) is 17.2. The molecule has 1 saturated heterocycles. The van der Waals surface area contributed by atoms with E-state index in [-0.39, 0.29) is 5.04 Å². The van der Waals surface area contributed by atoms with E-state index in [0.29, 0.717) is 40.8 Å². The molecule has 0 N–H and O–H groups in total. The molecule has 0 spiro atoms. The molecule has 2 aliphatic carbocycles. The fourth-order valence-electron chi connectivity index (χ4n) is 9.68. The van der Waals surface area contributed by atoms with Crippen molar-refractivity contribution < 1.29 is 9.16 Å². The molecule has 0 aromatic heterocycles. The van der Waals surface area contributed by atoms with Gasteiger partial charge in [-0.1, -0.05) is 123 Å². The highest BCUT2D eigenvalue weighted by Crippen LogP contribution is 2.73. The molecule has 2 aromatic carbocycles. The Labute approximate surface area is 240 Å². The van der Waals surface area contributed by atoms with Crippen LogP contribution < -0.4 is 10.4 Å². The molecule has 3 fully saturated rings. The van der Waals surface area contributed by atoms with Crippen molar-refractivity contribution in [3.05, 3.63) is 60.7 Å². The standard InChI is InChI=1S/C36H54O2Si/c1-25(20-21-31-28(4)33-32(38-31)23-35(8)26(2)22-27(3)36(33,35)9)24-37-39(34(5,6)7,29-16-12-10-13-17-29)30-18-14-11-15-19-30/h10-19,25-28,31-33H,20-24H2,1-9H3/t25-,26?,27?,28-,31-,32+,33+,35+,36-/m1/s1. The van der Waals surface area contributed by atoms with Gasteiger partial charge in [-0.15, -0.1) is 0 Å². The molecule has 2 aromatic rings. The van der Waals surface area contributed by atoms with Gasteiger partial charge in [-0.05, 0) is 81.5 Å². The first-order valence-electron chi connectivity index (χ1n) is 15.8. The molecule has 39 heavy (non-hydrogen) atoms. The van der Waals surface area contributed by atoms with Crippen LogP contribution in [0.2, 0.25) is 5.04 Å². The molecule has 2 nitrogen and oxygen atoms in total. The van der Waals surface area contributed by atoms with E-state index in [9.17, 15) is 0 Å². The first-order chi connectivity index (χ1) is 18.4. The molecule has 3 heteroatoms. The van der Waals surface area contributed by atoms with E-state index < -0.39 is 8.32 Å². The summed E-state index contributed by atoms with van der Waals surface area (Å²) < 4.78 is 14.2. The fourth-order valence-corrected chi connectivity index (χ4v) is 14.4. The van der Waals surface area contributed by atoms with Crippen LogP contribution in [0.1, 0.15) is 88.0 Å². The summed E-state index contributed by atoms with van der Waals surface area (Å²) in [6.07, 6.45) is 5.79. The minimum atomic E-state index is -2.48. The molecule has 0 bridgehead atoms. The Bertz CT molecular complexity index is 1070. The zero-order valence-corrected chi connectivity index (χ0v) is 27.2. The lowest BCUT2D eigenvalue weighted by atomic mass is 9.59. The minimum absolute atomic E-state index is 0.0210. The van der Waals surface area contributed by atoms with Crippen LogP contribution >= 0.6 is 0 Å². The van der Waals surface area contributed by atoms with Crippen molar-refractivity contribution in [1.29, 1.82) is 0 Å². The van der Waals surface area contributed by atoms with Crippen molar-refractivity contribution in [2.45, 2.75) is 105 Å². The number of hydrogen-bond acceptors (Lipinski definition) is 2. The van der Waals surface area contributed by atoms with Gasteiger partial charge in [0, 0.05) is 6.61 Å². The molecule has 0 amide bonds. The summed E-state index contributed by atoms with van der Waals surface area (Å²) in [5.74, 6) is 3.43. The van der Waals surface area contributed by atoms with Gasteiger partial charge < -0.3 is 9.16 Å². The number of ether oxygens (including phenoxy) is 1. The topological polar surface area (TPSA) is 18.5 Å². The predicted octanol–water partition coefficient (Wildman–Crippen LogP) is 8.09. The fraction of sp³-hybridized carbons (Fsp3) is 0.667. The lowest BCUT2D eigenvalue weighted by molar-refractivity contribution is -0.000732. The van der Waals surface area contributed by atoms with E-state index in [1.54, 1.807) is 0 Å². The van der Waals surface area contributed by atoms with Crippen molar-refractivity contribution in [3.63, 3.8) is 0 Å². The van der Waals surface area contributed by atoms with Crippen LogP contribution in [0.15, 0.2) is 60.7 Å². The molecule has 1 heterocycles. The van der Waals surface area contributed by atoms with E-state index >= 15 is 0 Å². The average molecular weight is 547 g/mol. The summed E-state index contributed by atoms with van der Waals surface area (Å²) in [7, 11) is -2.48. The predicted molar refractivity (Wildman–Crippen MR) is 167 cm³/mol. The van der Waals surface area contributed by atoms with Gasteiger partial charge in [-0.3, -0.25) is 0 Å². The van der Waals surface area contributed by atoms with E-state index in [0.717, 1.165) is 31.3 Å². The lowest BCUT2D eigenvalue weighted by Crippen LogP contribution is -2.66. The maximum absolute atomic E-state index is 7.25. The normalized spacial score (nSPS) is 37.1. The summed E-state index contributed by atoms with van der Waals surface area (Å²) in [5.41, 5.74) is 0.834. The molecule has 3 aliphatic rings. The van der Waals surface area contributed by atoms with Crippen LogP contribution in [0, 0.1) is 40.4 Å². The molecular formula is C36H54O2Si. The highest BCUT2D eigenvalue weighted by Gasteiger charge is 2.70. The molecule has 1 aliphatic heterocycles. The van der Waals surface area contributed by atoms with E-state index in [1.807, 2.05) is 0 Å². The Balaban J connectivity index is 1.28. The molecule has 5 rings (SSSR count). The number of fused-ring (bicyclic) bond motifs is 3. The monoisotopic (exact) mass is 546 g/mol. The lowest BCUT2D eigenvalue weighted by Gasteiger charge is -2.45. The van der Waals surface area contributed by atoms with Gasteiger partial charge in [0.1, 0.15) is 0 Å². The van der Waals surface area contributed by atoms with Gasteiger partial charge in [-0.2, -0.15) is 0 Å². The molecule has 2 saturated carbocycles. The van der Waals surface area contributed by atoms with E-state index in [4.69, 9.17) is 9.16 Å². The van der Waals surface area contributed by atoms with E-state index in [1.165, 1.54) is 23.2 Å². The Morgan fingerprint density at radius 2 is 1.49 bits per heavy atom. The summed E-state index contributed by atoms with van der Waals surface area (Å²) in [6.45, 7) is 23.0. The summed E-state index contributed by atoms with van der Waals surface area (Å²) >= 11 is 0. The maximum atomic E-state index is 7.25. The highest BCUT2D eigenvalue weighted by atomic mass is 28.4. The van der Waals surface area contributed by atoms with Crippen LogP contribution in [0.3, 0.4) is 0 Å². The van der Waals surface area contributed by atoms with Crippen molar-refractivity contribution >= 4 is 18.7 Å². The van der Waals surface area contributed by atoms with Crippen LogP contribution in [-0.4, -0.2) is 27.1 Å². The Kier molecular flexibility index (Phi) is 7.79. The highest BCUT2D eigenvalue weighted by molar-refractivity contribution is 6.99. The molecule has 0 radical (unpaired) electrons. The van der Waals surface area contributed by atoms with Crippen LogP contribution in [0.25, 0.3) is 0 Å². The summed E-state index contributed by atoms with van der Waals surface area (Å²) in [5, 5.41) is 2.76. The largest absolute Gasteiger partial charge is 0.407 e. The number of benzene rings is 2. The summed E-state index contributed by atoms with van der Waals surface area (Å²) in [4.78, 5) is 0. The van der Waals surface area contributed by atoms with Gasteiger partial charge in [0.15, 0.2) is 0 Å². The first kappa shape index (κ1) is 29.1. The second-order valence-electron chi connectivity index (χ2n) is 15.2. The first-order valence-corrected chi connectivity index (χ1v) is 17.7. The Hall–Kier alpha value is -1.42. The molecule has 214 valence electrons. The van der Waals surface area contributed by atoms with Gasteiger partial charge in [0.25, 0.3) is 8.32 Å². The van der Waals surface area contributed by atoms with Gasteiger partial charge in [-0.25, -0.2) is 0 Å². The number of rotatable bonds is 8. The Morgan fingerprint density at radius 1 is 0.923 bits per heavy atom. The zero-order chi connectivity index (χ0) is 28.2. The SMILES string of the molecule is CC1CC(C)[C@]2(C)[C@H]3[C@H](C)[C@@H](CC[C@@H](C)CO[Si](c4ccccc4)(c4ccccc4)C(C)(C)C)O[C@H]3C[C@@]12C. The smallest absolute Gasteiger partial charge is 0.261 e. The number of hydrogen-bond donors (Lipinski definition) is 0. The molecular weight excluding hydrogens is 492 g/mol. The maximum Gasteiger partial charge on any atom is 0.261 e. The van der Waals surface area contributed by atoms with E-state index in [2.05, 4.69) is 123 Å². The zero-order valence-electron chi connectivity index (χ0n) is 26.2.